The fraction of sp³-hybridized carbons (Fsp3) is 0.333. The standard InChI is InChI=1S/C18H19N5O2/c1-13-10-14(2)21-18(20-13)23-7-6-22(8-9-25-23)17(24)16-5-3-4-15(11-16)12-19/h3-5,10-11H,6-9H2,1-2H3. The molecule has 1 aromatic heterocycles. The maximum Gasteiger partial charge on any atom is 0.254 e. The topological polar surface area (TPSA) is 82.4 Å². The molecule has 0 atom stereocenters. The van der Waals surface area contributed by atoms with Crippen molar-refractivity contribution in [3.8, 4) is 6.07 Å². The lowest BCUT2D eigenvalue weighted by Crippen LogP contribution is -2.35. The molecule has 0 saturated carbocycles. The summed E-state index contributed by atoms with van der Waals surface area (Å²) in [5.74, 6) is 0.405. The van der Waals surface area contributed by atoms with Crippen LogP contribution < -0.4 is 5.06 Å². The predicted molar refractivity (Wildman–Crippen MR) is 91.9 cm³/mol. The van der Waals surface area contributed by atoms with Crippen LogP contribution in [0, 0.1) is 25.2 Å². The van der Waals surface area contributed by atoms with Crippen molar-refractivity contribution in [2.24, 2.45) is 0 Å². The zero-order chi connectivity index (χ0) is 17.8. The van der Waals surface area contributed by atoms with Crippen LogP contribution in [0.3, 0.4) is 0 Å². The Morgan fingerprint density at radius 2 is 1.92 bits per heavy atom. The molecule has 1 amide bonds. The summed E-state index contributed by atoms with van der Waals surface area (Å²) in [5, 5.41) is 10.6. The zero-order valence-corrected chi connectivity index (χ0v) is 14.3. The van der Waals surface area contributed by atoms with Crippen molar-refractivity contribution in [3.63, 3.8) is 0 Å². The Morgan fingerprint density at radius 3 is 2.64 bits per heavy atom. The summed E-state index contributed by atoms with van der Waals surface area (Å²) in [7, 11) is 0. The normalized spacial score (nSPS) is 14.8. The Balaban J connectivity index is 1.72. The van der Waals surface area contributed by atoms with Gasteiger partial charge in [0.25, 0.3) is 5.91 Å². The Hall–Kier alpha value is -2.98. The van der Waals surface area contributed by atoms with E-state index in [0.29, 0.717) is 43.3 Å². The first kappa shape index (κ1) is 16.9. The summed E-state index contributed by atoms with van der Waals surface area (Å²) < 4.78 is 0. The zero-order valence-electron chi connectivity index (χ0n) is 14.3. The molecule has 3 rings (SSSR count). The van der Waals surface area contributed by atoms with Gasteiger partial charge in [-0.1, -0.05) is 6.07 Å². The molecule has 2 heterocycles. The van der Waals surface area contributed by atoms with E-state index in [-0.39, 0.29) is 5.91 Å². The number of hydrogen-bond donors (Lipinski definition) is 0. The van der Waals surface area contributed by atoms with E-state index in [9.17, 15) is 4.79 Å². The number of rotatable bonds is 2. The number of hydrogen-bond acceptors (Lipinski definition) is 6. The summed E-state index contributed by atoms with van der Waals surface area (Å²) in [4.78, 5) is 28.9. The van der Waals surface area contributed by atoms with Gasteiger partial charge in [-0.05, 0) is 38.1 Å². The average Bonchev–Trinajstić information content (AvgIpc) is 2.86. The first-order valence-corrected chi connectivity index (χ1v) is 8.09. The van der Waals surface area contributed by atoms with E-state index < -0.39 is 0 Å². The number of carbonyl (C=O) groups is 1. The molecule has 0 spiro atoms. The molecule has 1 aliphatic rings. The van der Waals surface area contributed by atoms with Crippen molar-refractivity contribution >= 4 is 11.9 Å². The molecule has 0 radical (unpaired) electrons. The van der Waals surface area contributed by atoms with E-state index in [0.717, 1.165) is 11.4 Å². The van der Waals surface area contributed by atoms with E-state index in [2.05, 4.69) is 16.0 Å². The number of hydroxylamine groups is 1. The molecular weight excluding hydrogens is 318 g/mol. The third kappa shape index (κ3) is 3.92. The molecule has 7 heteroatoms. The first-order chi connectivity index (χ1) is 12.1. The first-order valence-electron chi connectivity index (χ1n) is 8.09. The fourth-order valence-electron chi connectivity index (χ4n) is 2.73. The Morgan fingerprint density at radius 1 is 1.16 bits per heavy atom. The van der Waals surface area contributed by atoms with Crippen LogP contribution >= 0.6 is 0 Å². The van der Waals surface area contributed by atoms with Crippen LogP contribution in [0.25, 0.3) is 0 Å². The Labute approximate surface area is 146 Å². The maximum atomic E-state index is 12.7. The van der Waals surface area contributed by atoms with Crippen LogP contribution in [0.1, 0.15) is 27.3 Å². The van der Waals surface area contributed by atoms with Crippen LogP contribution in [-0.2, 0) is 4.84 Å². The van der Waals surface area contributed by atoms with Crippen molar-refractivity contribution in [1.29, 1.82) is 5.26 Å². The largest absolute Gasteiger partial charge is 0.334 e. The van der Waals surface area contributed by atoms with Crippen molar-refractivity contribution in [3.05, 3.63) is 52.8 Å². The van der Waals surface area contributed by atoms with Crippen LogP contribution in [-0.4, -0.2) is 47.0 Å². The van der Waals surface area contributed by atoms with Gasteiger partial charge >= 0.3 is 0 Å². The summed E-state index contributed by atoms with van der Waals surface area (Å²) in [6.07, 6.45) is 0. The molecule has 0 aliphatic carbocycles. The van der Waals surface area contributed by atoms with Crippen LogP contribution in [0.2, 0.25) is 0 Å². The number of anilines is 1. The van der Waals surface area contributed by atoms with Gasteiger partial charge in [0.1, 0.15) is 0 Å². The van der Waals surface area contributed by atoms with Gasteiger partial charge in [0, 0.05) is 30.0 Å². The van der Waals surface area contributed by atoms with Gasteiger partial charge in [0.05, 0.1) is 24.8 Å². The molecule has 1 aromatic carbocycles. The highest BCUT2D eigenvalue weighted by atomic mass is 16.7. The second kappa shape index (κ2) is 7.28. The minimum atomic E-state index is -0.108. The third-order valence-electron chi connectivity index (χ3n) is 3.90. The highest BCUT2D eigenvalue weighted by molar-refractivity contribution is 5.94. The van der Waals surface area contributed by atoms with Gasteiger partial charge < -0.3 is 4.90 Å². The molecule has 0 N–H and O–H groups in total. The number of carbonyl (C=O) groups excluding carboxylic acids is 1. The SMILES string of the molecule is Cc1cc(C)nc(N2CCN(C(=O)c3cccc(C#N)c3)CCO2)n1. The second-order valence-electron chi connectivity index (χ2n) is 5.87. The minimum absolute atomic E-state index is 0.108. The Bertz CT molecular complexity index is 810. The number of nitriles is 1. The van der Waals surface area contributed by atoms with E-state index in [1.54, 1.807) is 34.2 Å². The molecule has 25 heavy (non-hydrogen) atoms. The van der Waals surface area contributed by atoms with Crippen molar-refractivity contribution < 1.29 is 9.63 Å². The molecule has 7 nitrogen and oxygen atoms in total. The van der Waals surface area contributed by atoms with Gasteiger partial charge in [0.2, 0.25) is 5.95 Å². The molecule has 0 bridgehead atoms. The highest BCUT2D eigenvalue weighted by Crippen LogP contribution is 2.14. The summed E-state index contributed by atoms with van der Waals surface area (Å²) in [6.45, 7) is 5.62. The van der Waals surface area contributed by atoms with Gasteiger partial charge in [-0.25, -0.2) is 15.0 Å². The van der Waals surface area contributed by atoms with E-state index in [1.165, 1.54) is 0 Å². The van der Waals surface area contributed by atoms with Gasteiger partial charge in [-0.15, -0.1) is 0 Å². The van der Waals surface area contributed by atoms with Crippen LogP contribution in [0.4, 0.5) is 5.95 Å². The van der Waals surface area contributed by atoms with E-state index >= 15 is 0 Å². The fourth-order valence-corrected chi connectivity index (χ4v) is 2.73. The lowest BCUT2D eigenvalue weighted by atomic mass is 10.1. The predicted octanol–water partition coefficient (Wildman–Crippen LogP) is 1.86. The number of aromatic nitrogens is 2. The summed E-state index contributed by atoms with van der Waals surface area (Å²) in [5.41, 5.74) is 2.73. The number of nitrogens with zero attached hydrogens (tertiary/aromatic N) is 5. The Kier molecular flexibility index (Phi) is 4.91. The molecule has 1 fully saturated rings. The highest BCUT2D eigenvalue weighted by Gasteiger charge is 2.22. The van der Waals surface area contributed by atoms with E-state index in [4.69, 9.17) is 10.1 Å². The maximum absolute atomic E-state index is 12.7. The number of benzene rings is 1. The molecular formula is C18H19N5O2. The van der Waals surface area contributed by atoms with Crippen molar-refractivity contribution in [2.45, 2.75) is 13.8 Å². The third-order valence-corrected chi connectivity index (χ3v) is 3.90. The summed E-state index contributed by atoms with van der Waals surface area (Å²) >= 11 is 0. The van der Waals surface area contributed by atoms with Crippen LogP contribution in [0.5, 0.6) is 0 Å². The molecule has 128 valence electrons. The monoisotopic (exact) mass is 337 g/mol. The lowest BCUT2D eigenvalue weighted by Gasteiger charge is -2.21. The van der Waals surface area contributed by atoms with Crippen molar-refractivity contribution in [1.82, 2.24) is 14.9 Å². The average molecular weight is 337 g/mol. The van der Waals surface area contributed by atoms with Gasteiger partial charge in [0.15, 0.2) is 0 Å². The number of amides is 1. The molecule has 1 saturated heterocycles. The number of aryl methyl sites for hydroxylation is 2. The summed E-state index contributed by atoms with van der Waals surface area (Å²) in [6, 6.07) is 10.7. The second-order valence-corrected chi connectivity index (χ2v) is 5.87. The van der Waals surface area contributed by atoms with Crippen LogP contribution in [0.15, 0.2) is 30.3 Å². The minimum Gasteiger partial charge on any atom is -0.334 e. The van der Waals surface area contributed by atoms with E-state index in [1.807, 2.05) is 19.9 Å². The molecule has 2 aromatic rings. The smallest absolute Gasteiger partial charge is 0.254 e. The molecule has 0 unspecified atom stereocenters. The van der Waals surface area contributed by atoms with Gasteiger partial charge in [-0.3, -0.25) is 9.63 Å². The van der Waals surface area contributed by atoms with Gasteiger partial charge in [-0.2, -0.15) is 5.26 Å². The lowest BCUT2D eigenvalue weighted by molar-refractivity contribution is 0.0729. The molecule has 1 aliphatic heterocycles. The van der Waals surface area contributed by atoms with Crippen molar-refractivity contribution in [2.75, 3.05) is 31.3 Å². The quantitative estimate of drug-likeness (QED) is 0.832.